The van der Waals surface area contributed by atoms with E-state index in [2.05, 4.69) is 5.32 Å². The van der Waals surface area contributed by atoms with Crippen molar-refractivity contribution in [3.05, 3.63) is 29.3 Å². The maximum Gasteiger partial charge on any atom is 0.251 e. The number of nitrogen functional groups attached to an aromatic ring is 1. The molecule has 6 heteroatoms. The normalized spacial score (nSPS) is 18.9. The van der Waals surface area contributed by atoms with Gasteiger partial charge in [-0.05, 0) is 36.0 Å². The predicted octanol–water partition coefficient (Wildman–Crippen LogP) is 2.03. The van der Waals surface area contributed by atoms with Crippen LogP contribution in [-0.4, -0.2) is 24.0 Å². The van der Waals surface area contributed by atoms with E-state index < -0.39 is 23.2 Å². The molecular weight excluding hydrogens is 258 g/mol. The van der Waals surface area contributed by atoms with Gasteiger partial charge in [0.2, 0.25) is 0 Å². The molecule has 0 aliphatic carbocycles. The van der Waals surface area contributed by atoms with E-state index in [4.69, 9.17) is 5.73 Å². The molecule has 1 unspecified atom stereocenters. The molecule has 1 aliphatic heterocycles. The van der Waals surface area contributed by atoms with Gasteiger partial charge in [0, 0.05) is 12.1 Å². The molecule has 18 heavy (non-hydrogen) atoms. The molecule has 1 fully saturated rings. The Morgan fingerprint density at radius 1 is 1.44 bits per heavy atom. The Hall–Kier alpha value is -1.30. The third-order valence-corrected chi connectivity index (χ3v) is 4.15. The van der Waals surface area contributed by atoms with Gasteiger partial charge in [-0.3, -0.25) is 4.79 Å². The molecule has 1 amide bonds. The number of anilines is 1. The second-order valence-corrected chi connectivity index (χ2v) is 5.44. The summed E-state index contributed by atoms with van der Waals surface area (Å²) in [7, 11) is 0. The second kappa shape index (κ2) is 5.56. The van der Waals surface area contributed by atoms with E-state index >= 15 is 0 Å². The Kier molecular flexibility index (Phi) is 4.06. The minimum absolute atomic E-state index is 0.0372. The van der Waals surface area contributed by atoms with Crippen molar-refractivity contribution in [2.45, 2.75) is 6.42 Å². The first-order valence-electron chi connectivity index (χ1n) is 5.68. The molecule has 1 saturated heterocycles. The van der Waals surface area contributed by atoms with Crippen LogP contribution >= 0.6 is 11.8 Å². The summed E-state index contributed by atoms with van der Waals surface area (Å²) in [5, 5.41) is 2.69. The van der Waals surface area contributed by atoms with Gasteiger partial charge in [-0.2, -0.15) is 11.8 Å². The zero-order valence-corrected chi connectivity index (χ0v) is 10.5. The smallest absolute Gasteiger partial charge is 0.251 e. The maximum atomic E-state index is 13.2. The second-order valence-electron chi connectivity index (χ2n) is 4.29. The fraction of sp³-hybridized carbons (Fsp3) is 0.417. The van der Waals surface area contributed by atoms with Gasteiger partial charge in [0.1, 0.15) is 17.3 Å². The number of rotatable bonds is 3. The number of carbonyl (C=O) groups is 1. The Balaban J connectivity index is 2.00. The lowest BCUT2D eigenvalue weighted by Crippen LogP contribution is -2.29. The summed E-state index contributed by atoms with van der Waals surface area (Å²) in [5.74, 6) is 0.288. The van der Waals surface area contributed by atoms with Crippen molar-refractivity contribution >= 4 is 23.4 Å². The van der Waals surface area contributed by atoms with E-state index in [1.165, 1.54) is 0 Å². The number of hydrogen-bond acceptors (Lipinski definition) is 3. The molecule has 1 aromatic carbocycles. The fourth-order valence-electron chi connectivity index (χ4n) is 1.80. The van der Waals surface area contributed by atoms with Crippen LogP contribution in [0.25, 0.3) is 0 Å². The average Bonchev–Trinajstić information content (AvgIpc) is 2.85. The van der Waals surface area contributed by atoms with Gasteiger partial charge in [-0.1, -0.05) is 0 Å². The van der Waals surface area contributed by atoms with Crippen molar-refractivity contribution in [1.82, 2.24) is 5.32 Å². The highest BCUT2D eigenvalue weighted by molar-refractivity contribution is 7.99. The summed E-state index contributed by atoms with van der Waals surface area (Å²) in [6.07, 6.45) is 1.06. The highest BCUT2D eigenvalue weighted by Crippen LogP contribution is 2.22. The topological polar surface area (TPSA) is 55.1 Å². The first-order valence-corrected chi connectivity index (χ1v) is 6.84. The van der Waals surface area contributed by atoms with Crippen LogP contribution in [0.5, 0.6) is 0 Å². The molecule has 1 heterocycles. The largest absolute Gasteiger partial charge is 0.394 e. The number of nitrogens with one attached hydrogen (secondary N) is 1. The van der Waals surface area contributed by atoms with Crippen molar-refractivity contribution in [2.24, 2.45) is 5.92 Å². The highest BCUT2D eigenvalue weighted by Gasteiger charge is 2.18. The number of halogens is 2. The van der Waals surface area contributed by atoms with Crippen LogP contribution in [0.2, 0.25) is 0 Å². The monoisotopic (exact) mass is 272 g/mol. The van der Waals surface area contributed by atoms with Crippen molar-refractivity contribution in [1.29, 1.82) is 0 Å². The lowest BCUT2D eigenvalue weighted by molar-refractivity contribution is 0.0947. The summed E-state index contributed by atoms with van der Waals surface area (Å²) < 4.78 is 26.4. The first kappa shape index (κ1) is 13.1. The zero-order valence-electron chi connectivity index (χ0n) is 9.71. The number of hydrogen-bond donors (Lipinski definition) is 2. The molecule has 1 aromatic rings. The summed E-state index contributed by atoms with van der Waals surface area (Å²) in [5.41, 5.74) is 4.55. The molecule has 3 nitrogen and oxygen atoms in total. The number of thioether (sulfide) groups is 1. The van der Waals surface area contributed by atoms with Crippen molar-refractivity contribution < 1.29 is 13.6 Å². The molecule has 2 rings (SSSR count). The Morgan fingerprint density at radius 2 is 2.11 bits per heavy atom. The van der Waals surface area contributed by atoms with E-state index in [0.717, 1.165) is 30.1 Å². The van der Waals surface area contributed by atoms with Crippen LogP contribution in [0.15, 0.2) is 12.1 Å². The SMILES string of the molecule is Nc1c(F)cc(C(=O)NCC2CCSC2)cc1F. The van der Waals surface area contributed by atoms with Crippen LogP contribution < -0.4 is 11.1 Å². The molecule has 98 valence electrons. The predicted molar refractivity (Wildman–Crippen MR) is 68.5 cm³/mol. The van der Waals surface area contributed by atoms with Crippen LogP contribution in [0.1, 0.15) is 16.8 Å². The van der Waals surface area contributed by atoms with Gasteiger partial charge in [0.25, 0.3) is 5.91 Å². The maximum absolute atomic E-state index is 13.2. The van der Waals surface area contributed by atoms with E-state index in [1.54, 1.807) is 0 Å². The van der Waals surface area contributed by atoms with Gasteiger partial charge in [-0.25, -0.2) is 8.78 Å². The minimum Gasteiger partial charge on any atom is -0.394 e. The van der Waals surface area contributed by atoms with E-state index in [0.29, 0.717) is 12.5 Å². The summed E-state index contributed by atoms with van der Waals surface area (Å²) in [4.78, 5) is 11.7. The fourth-order valence-corrected chi connectivity index (χ4v) is 3.08. The number of amides is 1. The minimum atomic E-state index is -0.906. The molecule has 0 spiro atoms. The summed E-state index contributed by atoms with van der Waals surface area (Å²) in [6, 6.07) is 1.91. The van der Waals surface area contributed by atoms with E-state index in [9.17, 15) is 13.6 Å². The Labute approximate surface area is 108 Å². The highest BCUT2D eigenvalue weighted by atomic mass is 32.2. The number of nitrogens with two attached hydrogens (primary N) is 1. The molecular formula is C12H14F2N2OS. The molecule has 1 aliphatic rings. The van der Waals surface area contributed by atoms with Gasteiger partial charge in [0.15, 0.2) is 0 Å². The molecule has 0 bridgehead atoms. The lowest BCUT2D eigenvalue weighted by atomic mass is 10.1. The Morgan fingerprint density at radius 3 is 2.67 bits per heavy atom. The standard InChI is InChI=1S/C12H14F2N2OS/c13-9-3-8(4-10(14)11(9)15)12(17)16-5-7-1-2-18-6-7/h3-4,7H,1-2,5-6,15H2,(H,16,17). The van der Waals surface area contributed by atoms with Crippen LogP contribution in [0.3, 0.4) is 0 Å². The van der Waals surface area contributed by atoms with Crippen LogP contribution in [0, 0.1) is 17.6 Å². The van der Waals surface area contributed by atoms with E-state index in [-0.39, 0.29) is 5.56 Å². The van der Waals surface area contributed by atoms with Gasteiger partial charge >= 0.3 is 0 Å². The van der Waals surface area contributed by atoms with E-state index in [1.807, 2.05) is 11.8 Å². The number of carbonyl (C=O) groups excluding carboxylic acids is 1. The number of benzene rings is 1. The van der Waals surface area contributed by atoms with Crippen molar-refractivity contribution in [3.8, 4) is 0 Å². The third kappa shape index (κ3) is 2.93. The Bertz CT molecular complexity index is 438. The summed E-state index contributed by atoms with van der Waals surface area (Å²) in [6.45, 7) is 0.541. The first-order chi connectivity index (χ1) is 8.58. The molecule has 1 atom stereocenters. The lowest BCUT2D eigenvalue weighted by Gasteiger charge is -2.10. The molecule has 3 N–H and O–H groups in total. The van der Waals surface area contributed by atoms with Crippen molar-refractivity contribution in [3.63, 3.8) is 0 Å². The van der Waals surface area contributed by atoms with Crippen LogP contribution in [-0.2, 0) is 0 Å². The zero-order chi connectivity index (χ0) is 13.1. The molecule has 0 radical (unpaired) electrons. The quantitative estimate of drug-likeness (QED) is 0.828. The molecule has 0 saturated carbocycles. The van der Waals surface area contributed by atoms with Gasteiger partial charge in [0.05, 0.1) is 0 Å². The third-order valence-electron chi connectivity index (χ3n) is 2.92. The van der Waals surface area contributed by atoms with Crippen LogP contribution in [0.4, 0.5) is 14.5 Å². The molecule has 0 aromatic heterocycles. The average molecular weight is 272 g/mol. The summed E-state index contributed by atoms with van der Waals surface area (Å²) >= 11 is 1.85. The van der Waals surface area contributed by atoms with Crippen molar-refractivity contribution in [2.75, 3.05) is 23.8 Å². The van der Waals surface area contributed by atoms with Gasteiger partial charge in [-0.15, -0.1) is 0 Å². The van der Waals surface area contributed by atoms with Gasteiger partial charge < -0.3 is 11.1 Å².